The summed E-state index contributed by atoms with van der Waals surface area (Å²) in [6.07, 6.45) is 4.48. The number of fused-ring (bicyclic) bond motifs is 4. The van der Waals surface area contributed by atoms with Crippen LogP contribution in [0.3, 0.4) is 0 Å². The fourth-order valence-electron chi connectivity index (χ4n) is 5.09. The number of nitrogens with one attached hydrogen (secondary N) is 1. The molecule has 4 rings (SSSR count). The van der Waals surface area contributed by atoms with E-state index in [-0.39, 0.29) is 18.6 Å². The highest BCUT2D eigenvalue weighted by Crippen LogP contribution is 2.49. The van der Waals surface area contributed by atoms with Crippen molar-refractivity contribution in [2.75, 3.05) is 12.9 Å². The van der Waals surface area contributed by atoms with Gasteiger partial charge in [0.05, 0.1) is 18.2 Å². The zero-order valence-corrected chi connectivity index (χ0v) is 19.1. The van der Waals surface area contributed by atoms with Crippen LogP contribution in [-0.4, -0.2) is 47.2 Å². The highest BCUT2D eigenvalue weighted by Gasteiger charge is 2.58. The van der Waals surface area contributed by atoms with Crippen molar-refractivity contribution in [1.29, 1.82) is 0 Å². The molecular weight excluding hydrogens is 449 g/mol. The Morgan fingerprint density at radius 3 is 2.70 bits per heavy atom. The normalized spacial score (nSPS) is 24.7. The van der Waals surface area contributed by atoms with Gasteiger partial charge in [0.25, 0.3) is 5.56 Å². The minimum Gasteiger partial charge on any atom is -0.396 e. The zero-order chi connectivity index (χ0) is 23.9. The molecule has 176 valence electrons. The van der Waals surface area contributed by atoms with Crippen LogP contribution in [0.25, 0.3) is 6.08 Å². The summed E-state index contributed by atoms with van der Waals surface area (Å²) in [6, 6.07) is 7.41. The number of carbonyl (C=O) groups excluding carboxylic acids is 1. The predicted octanol–water partition coefficient (Wildman–Crippen LogP) is 1.26. The second-order valence-electron chi connectivity index (χ2n) is 8.45. The summed E-state index contributed by atoms with van der Waals surface area (Å²) in [5.74, 6) is -2.51. The Hall–Kier alpha value is -2.82. The zero-order valence-electron chi connectivity index (χ0n) is 18.3. The molecule has 0 unspecified atom stereocenters. The monoisotopic (exact) mass is 475 g/mol. The summed E-state index contributed by atoms with van der Waals surface area (Å²) in [7, 11) is -3.76. The molecule has 8 nitrogen and oxygen atoms in total. The number of hydrogen-bond donors (Lipinski definition) is 2. The van der Waals surface area contributed by atoms with E-state index in [0.29, 0.717) is 16.8 Å². The molecule has 0 radical (unpaired) electrons. The molecule has 2 N–H and O–H groups in total. The number of halogens is 1. The summed E-state index contributed by atoms with van der Waals surface area (Å²) < 4.78 is 41.7. The van der Waals surface area contributed by atoms with Crippen molar-refractivity contribution >= 4 is 22.0 Å². The van der Waals surface area contributed by atoms with Crippen LogP contribution < -0.4 is 10.9 Å². The van der Waals surface area contributed by atoms with Gasteiger partial charge in [0.2, 0.25) is 15.9 Å². The van der Waals surface area contributed by atoms with Gasteiger partial charge in [-0.1, -0.05) is 24.3 Å². The Bertz CT molecular complexity index is 1270. The molecular formula is C23H26FN3O5S. The van der Waals surface area contributed by atoms with E-state index >= 15 is 0 Å². The van der Waals surface area contributed by atoms with E-state index in [2.05, 4.69) is 5.32 Å². The third-order valence-corrected chi connectivity index (χ3v) is 7.67. The second kappa shape index (κ2) is 8.85. The van der Waals surface area contributed by atoms with E-state index < -0.39 is 52.3 Å². The van der Waals surface area contributed by atoms with Gasteiger partial charge in [0.1, 0.15) is 5.82 Å². The van der Waals surface area contributed by atoms with Gasteiger partial charge in [0.15, 0.2) is 0 Å². The number of rotatable bonds is 6. The van der Waals surface area contributed by atoms with Crippen LogP contribution in [0, 0.1) is 17.7 Å². The fourth-order valence-corrected chi connectivity index (χ4v) is 6.45. The molecule has 0 spiro atoms. The molecule has 2 aromatic rings. The van der Waals surface area contributed by atoms with Crippen molar-refractivity contribution in [1.82, 2.24) is 14.2 Å². The number of amides is 1. The molecule has 1 fully saturated rings. The molecule has 0 aliphatic carbocycles. The molecule has 2 aliphatic heterocycles. The molecule has 33 heavy (non-hydrogen) atoms. The highest BCUT2D eigenvalue weighted by atomic mass is 32.2. The van der Waals surface area contributed by atoms with E-state index in [4.69, 9.17) is 0 Å². The molecule has 4 atom stereocenters. The standard InChI is InChI=1S/C23H26FN3O5S/c1-3-5-15-8-9-18-21-20(22(29)25-11-14-6-4-7-16(24)10-14)17(13-28)19(12-26(18)23(15)30)27(21)33(2,31)32/h3-10,17,19-21,28H,11-13H2,1-2H3,(H,25,29)/b5-3-/t17-,19-,20+,21+/m0/s1. The summed E-state index contributed by atoms with van der Waals surface area (Å²) in [6.45, 7) is 1.46. The molecule has 0 saturated carbocycles. The Kier molecular flexibility index (Phi) is 6.26. The molecule has 3 heterocycles. The first-order chi connectivity index (χ1) is 15.7. The maximum absolute atomic E-state index is 13.5. The number of pyridine rings is 1. The van der Waals surface area contributed by atoms with Gasteiger partial charge in [-0.2, -0.15) is 4.31 Å². The van der Waals surface area contributed by atoms with Crippen LogP contribution in [0.15, 0.2) is 47.3 Å². The van der Waals surface area contributed by atoms with Crippen LogP contribution in [-0.2, 0) is 27.9 Å². The molecule has 1 aromatic carbocycles. The fraction of sp³-hybridized carbons (Fsp3) is 0.391. The van der Waals surface area contributed by atoms with Crippen LogP contribution in [0.5, 0.6) is 0 Å². The Labute approximate surface area is 191 Å². The molecule has 2 aliphatic rings. The van der Waals surface area contributed by atoms with Crippen molar-refractivity contribution < 1.29 is 22.7 Å². The van der Waals surface area contributed by atoms with Crippen molar-refractivity contribution in [3.05, 3.63) is 75.5 Å². The number of carbonyl (C=O) groups is 1. The van der Waals surface area contributed by atoms with Crippen molar-refractivity contribution in [2.45, 2.75) is 32.1 Å². The second-order valence-corrected chi connectivity index (χ2v) is 10.3. The summed E-state index contributed by atoms with van der Waals surface area (Å²) in [5.41, 5.74) is 1.15. The van der Waals surface area contributed by atoms with Crippen molar-refractivity contribution in [3.8, 4) is 0 Å². The quantitative estimate of drug-likeness (QED) is 0.654. The number of aliphatic hydroxyl groups excluding tert-OH is 1. The summed E-state index contributed by atoms with van der Waals surface area (Å²) in [5, 5.41) is 12.9. The van der Waals surface area contributed by atoms with E-state index in [1.165, 1.54) is 27.1 Å². The lowest BCUT2D eigenvalue weighted by Crippen LogP contribution is -2.48. The average molecular weight is 476 g/mol. The predicted molar refractivity (Wildman–Crippen MR) is 121 cm³/mol. The minimum absolute atomic E-state index is 0.0437. The van der Waals surface area contributed by atoms with E-state index in [9.17, 15) is 27.5 Å². The molecule has 1 aromatic heterocycles. The molecule has 2 bridgehead atoms. The maximum Gasteiger partial charge on any atom is 0.258 e. The third kappa shape index (κ3) is 4.14. The van der Waals surface area contributed by atoms with Crippen LogP contribution in [0.1, 0.15) is 29.8 Å². The Morgan fingerprint density at radius 2 is 2.06 bits per heavy atom. The lowest BCUT2D eigenvalue weighted by Gasteiger charge is -2.36. The van der Waals surface area contributed by atoms with Crippen LogP contribution in [0.2, 0.25) is 0 Å². The summed E-state index contributed by atoms with van der Waals surface area (Å²) in [4.78, 5) is 26.4. The van der Waals surface area contributed by atoms with Gasteiger partial charge in [-0.3, -0.25) is 9.59 Å². The molecule has 10 heteroatoms. The van der Waals surface area contributed by atoms with Crippen molar-refractivity contribution in [2.24, 2.45) is 11.8 Å². The number of allylic oxidation sites excluding steroid dienone is 1. The van der Waals surface area contributed by atoms with Gasteiger partial charge >= 0.3 is 0 Å². The third-order valence-electron chi connectivity index (χ3n) is 6.41. The van der Waals surface area contributed by atoms with Gasteiger partial charge in [-0.25, -0.2) is 12.8 Å². The van der Waals surface area contributed by atoms with E-state index in [1.54, 1.807) is 37.3 Å². The lowest BCUT2D eigenvalue weighted by molar-refractivity contribution is -0.127. The SMILES string of the molecule is C/C=C\c1ccc2n(c1=O)C[C@H]1[C@H](CO)[C@@H](C(=O)NCc3cccc(F)c3)[C@@H]2N1S(C)(=O)=O. The molecule has 1 saturated heterocycles. The van der Waals surface area contributed by atoms with Crippen LogP contribution >= 0.6 is 0 Å². The number of benzene rings is 1. The van der Waals surface area contributed by atoms with Gasteiger partial charge in [-0.05, 0) is 36.8 Å². The number of aliphatic hydroxyl groups is 1. The lowest BCUT2D eigenvalue weighted by atomic mass is 9.86. The van der Waals surface area contributed by atoms with Gasteiger partial charge < -0.3 is 15.0 Å². The first-order valence-corrected chi connectivity index (χ1v) is 12.5. The largest absolute Gasteiger partial charge is 0.396 e. The first-order valence-electron chi connectivity index (χ1n) is 10.6. The smallest absolute Gasteiger partial charge is 0.258 e. The number of hydrogen-bond acceptors (Lipinski definition) is 5. The minimum atomic E-state index is -3.76. The van der Waals surface area contributed by atoms with Gasteiger partial charge in [0, 0.05) is 42.9 Å². The van der Waals surface area contributed by atoms with E-state index in [0.717, 1.165) is 6.26 Å². The van der Waals surface area contributed by atoms with E-state index in [1.807, 2.05) is 0 Å². The maximum atomic E-state index is 13.5. The summed E-state index contributed by atoms with van der Waals surface area (Å²) >= 11 is 0. The number of nitrogens with zero attached hydrogens (tertiary/aromatic N) is 2. The Balaban J connectivity index is 1.76. The van der Waals surface area contributed by atoms with Gasteiger partial charge in [-0.15, -0.1) is 0 Å². The van der Waals surface area contributed by atoms with Crippen molar-refractivity contribution in [3.63, 3.8) is 0 Å². The van der Waals surface area contributed by atoms with Crippen LogP contribution in [0.4, 0.5) is 4.39 Å². The molecule has 1 amide bonds. The highest BCUT2D eigenvalue weighted by molar-refractivity contribution is 7.88. The topological polar surface area (TPSA) is 109 Å². The average Bonchev–Trinajstić information content (AvgIpc) is 3.02. The number of aromatic nitrogens is 1. The first kappa shape index (κ1) is 23.3. The Morgan fingerprint density at radius 1 is 1.30 bits per heavy atom. The number of sulfonamides is 1.